The summed E-state index contributed by atoms with van der Waals surface area (Å²) in [6, 6.07) is -0.454. The molecule has 1 unspecified atom stereocenters. The number of halogens is 1. The summed E-state index contributed by atoms with van der Waals surface area (Å²) in [6.07, 6.45) is 0. The predicted octanol–water partition coefficient (Wildman–Crippen LogP) is 0.386. The van der Waals surface area contributed by atoms with Crippen LogP contribution < -0.4 is 16.8 Å². The molecular formula is C9H13ClN6O. The van der Waals surface area contributed by atoms with E-state index >= 15 is 0 Å². The molecule has 1 aromatic rings. The first-order chi connectivity index (χ1) is 7.82. The van der Waals surface area contributed by atoms with E-state index in [2.05, 4.69) is 15.3 Å². The van der Waals surface area contributed by atoms with Crippen molar-refractivity contribution in [1.29, 1.82) is 5.41 Å². The summed E-state index contributed by atoms with van der Waals surface area (Å²) in [5.41, 5.74) is 10.8. The van der Waals surface area contributed by atoms with Gasteiger partial charge >= 0.3 is 0 Å². The summed E-state index contributed by atoms with van der Waals surface area (Å²) in [5.74, 6) is -0.211. The van der Waals surface area contributed by atoms with Gasteiger partial charge in [0, 0.05) is 0 Å². The Morgan fingerprint density at radius 2 is 2.12 bits per heavy atom. The smallest absolute Gasteiger partial charge is 0.172 e. The molecule has 0 saturated heterocycles. The molecule has 0 saturated carbocycles. The highest BCUT2D eigenvalue weighted by Gasteiger charge is 2.15. The zero-order chi connectivity index (χ0) is 13.2. The third-order valence-electron chi connectivity index (χ3n) is 2.10. The molecule has 0 fully saturated rings. The number of nitrogens with two attached hydrogens (primary N) is 2. The Morgan fingerprint density at radius 1 is 1.53 bits per heavy atom. The van der Waals surface area contributed by atoms with Crippen LogP contribution in [0.1, 0.15) is 19.5 Å². The van der Waals surface area contributed by atoms with Gasteiger partial charge in [-0.15, -0.1) is 0 Å². The van der Waals surface area contributed by atoms with Crippen molar-refractivity contribution in [1.82, 2.24) is 9.97 Å². The molecule has 1 rings (SSSR count). The van der Waals surface area contributed by atoms with Crippen LogP contribution in [-0.2, 0) is 4.79 Å². The first-order valence-corrected chi connectivity index (χ1v) is 5.15. The van der Waals surface area contributed by atoms with Crippen molar-refractivity contribution in [2.75, 3.05) is 11.1 Å². The van der Waals surface area contributed by atoms with Gasteiger partial charge in [-0.25, -0.2) is 9.97 Å². The summed E-state index contributed by atoms with van der Waals surface area (Å²) < 4.78 is 0. The lowest BCUT2D eigenvalue weighted by Crippen LogP contribution is -2.25. The summed E-state index contributed by atoms with van der Waals surface area (Å²) in [5, 5.41) is 10.00. The van der Waals surface area contributed by atoms with Crippen LogP contribution in [0.2, 0.25) is 5.15 Å². The van der Waals surface area contributed by atoms with E-state index in [-0.39, 0.29) is 34.1 Å². The number of Topliss-reactive ketones (excluding diaryl/α,β-unsaturated/α-hetero) is 1. The largest absolute Gasteiger partial charge is 0.382 e. The van der Waals surface area contributed by atoms with Crippen molar-refractivity contribution in [3.8, 4) is 0 Å². The minimum atomic E-state index is -0.454. The van der Waals surface area contributed by atoms with Crippen LogP contribution in [0, 0.1) is 5.41 Å². The number of ketones is 1. The molecule has 92 valence electrons. The second-order valence-electron chi connectivity index (χ2n) is 3.49. The molecule has 17 heavy (non-hydrogen) atoms. The zero-order valence-electron chi connectivity index (χ0n) is 9.41. The third-order valence-corrected chi connectivity index (χ3v) is 2.36. The molecule has 0 amide bonds. The maximum absolute atomic E-state index is 11.1. The van der Waals surface area contributed by atoms with Gasteiger partial charge in [0.2, 0.25) is 0 Å². The highest BCUT2D eigenvalue weighted by atomic mass is 35.5. The number of hydrogen-bond donors (Lipinski definition) is 4. The predicted molar refractivity (Wildman–Crippen MR) is 66.2 cm³/mol. The van der Waals surface area contributed by atoms with Gasteiger partial charge < -0.3 is 16.8 Å². The lowest BCUT2D eigenvalue weighted by atomic mass is 10.2. The summed E-state index contributed by atoms with van der Waals surface area (Å²) in [7, 11) is 0. The Balaban J connectivity index is 3.08. The lowest BCUT2D eigenvalue weighted by Gasteiger charge is -2.13. The minimum Gasteiger partial charge on any atom is -0.382 e. The van der Waals surface area contributed by atoms with Gasteiger partial charge in [-0.3, -0.25) is 10.2 Å². The van der Waals surface area contributed by atoms with Crippen molar-refractivity contribution in [2.45, 2.75) is 19.9 Å². The standard InChI is InChI=1S/C9H13ClN6O/c1-3(4(2)17)14-9-6(10)15-5(7(11)12)8(13)16-9/h3H,1-2H3,(H3,11,12)(H3,13,14,16). The quantitative estimate of drug-likeness (QED) is 0.455. The Kier molecular flexibility index (Phi) is 3.84. The van der Waals surface area contributed by atoms with Gasteiger partial charge in [-0.2, -0.15) is 0 Å². The number of hydrogen-bond acceptors (Lipinski definition) is 6. The SMILES string of the molecule is CC(=O)C(C)Nc1nc(N)c(C(=N)N)nc1Cl. The zero-order valence-corrected chi connectivity index (χ0v) is 10.2. The summed E-state index contributed by atoms with van der Waals surface area (Å²) in [4.78, 5) is 18.8. The molecule has 8 heteroatoms. The van der Waals surface area contributed by atoms with E-state index in [0.717, 1.165) is 0 Å². The van der Waals surface area contributed by atoms with Gasteiger partial charge in [-0.1, -0.05) is 11.6 Å². The lowest BCUT2D eigenvalue weighted by molar-refractivity contribution is -0.117. The number of anilines is 2. The summed E-state index contributed by atoms with van der Waals surface area (Å²) in [6.45, 7) is 3.10. The fourth-order valence-electron chi connectivity index (χ4n) is 1.02. The molecule has 0 aliphatic carbocycles. The van der Waals surface area contributed by atoms with Gasteiger partial charge in [0.15, 0.2) is 22.6 Å². The normalized spacial score (nSPS) is 11.9. The molecule has 0 radical (unpaired) electrons. The van der Waals surface area contributed by atoms with Gasteiger partial charge in [0.1, 0.15) is 11.5 Å². The van der Waals surface area contributed by atoms with Crippen molar-refractivity contribution in [3.63, 3.8) is 0 Å². The van der Waals surface area contributed by atoms with E-state index in [1.165, 1.54) is 6.92 Å². The van der Waals surface area contributed by atoms with E-state index in [4.69, 9.17) is 28.5 Å². The number of carbonyl (C=O) groups excluding carboxylic acids is 1. The average molecular weight is 257 g/mol. The third kappa shape index (κ3) is 3.04. The number of nitrogens with zero attached hydrogens (tertiary/aromatic N) is 2. The molecule has 6 N–H and O–H groups in total. The first kappa shape index (κ1) is 13.2. The number of nitrogens with one attached hydrogen (secondary N) is 2. The Hall–Kier alpha value is -1.89. The van der Waals surface area contributed by atoms with Crippen LogP contribution >= 0.6 is 11.6 Å². The number of nitrogen functional groups attached to an aromatic ring is 2. The van der Waals surface area contributed by atoms with E-state index < -0.39 is 6.04 Å². The van der Waals surface area contributed by atoms with Crippen LogP contribution in [0.15, 0.2) is 0 Å². The number of rotatable bonds is 4. The molecule has 1 heterocycles. The van der Waals surface area contributed by atoms with Gasteiger partial charge in [0.05, 0.1) is 6.04 Å². The second-order valence-corrected chi connectivity index (χ2v) is 3.85. The van der Waals surface area contributed by atoms with Crippen LogP contribution in [0.25, 0.3) is 0 Å². The number of aromatic nitrogens is 2. The first-order valence-electron chi connectivity index (χ1n) is 4.77. The highest BCUT2D eigenvalue weighted by molar-refractivity contribution is 6.32. The van der Waals surface area contributed by atoms with E-state index in [0.29, 0.717) is 0 Å². The minimum absolute atomic E-state index is 0.0116. The Morgan fingerprint density at radius 3 is 2.59 bits per heavy atom. The second kappa shape index (κ2) is 4.96. The van der Waals surface area contributed by atoms with Crippen molar-refractivity contribution in [2.24, 2.45) is 5.73 Å². The van der Waals surface area contributed by atoms with E-state index in [1.807, 2.05) is 0 Å². The highest BCUT2D eigenvalue weighted by Crippen LogP contribution is 2.20. The van der Waals surface area contributed by atoms with Crippen LogP contribution in [0.4, 0.5) is 11.6 Å². The molecule has 0 aromatic carbocycles. The molecule has 0 bridgehead atoms. The Bertz CT molecular complexity index is 475. The molecule has 0 aliphatic heterocycles. The van der Waals surface area contributed by atoms with E-state index in [1.54, 1.807) is 6.92 Å². The van der Waals surface area contributed by atoms with Crippen LogP contribution in [0.5, 0.6) is 0 Å². The van der Waals surface area contributed by atoms with Gasteiger partial charge in [0.25, 0.3) is 0 Å². The fraction of sp³-hybridized carbons (Fsp3) is 0.333. The van der Waals surface area contributed by atoms with Gasteiger partial charge in [-0.05, 0) is 13.8 Å². The number of amidine groups is 1. The summed E-state index contributed by atoms with van der Waals surface area (Å²) >= 11 is 5.84. The molecule has 0 spiro atoms. The maximum atomic E-state index is 11.1. The average Bonchev–Trinajstić information content (AvgIpc) is 2.22. The van der Waals surface area contributed by atoms with Crippen molar-refractivity contribution in [3.05, 3.63) is 10.8 Å². The van der Waals surface area contributed by atoms with Crippen molar-refractivity contribution < 1.29 is 4.79 Å². The fourth-order valence-corrected chi connectivity index (χ4v) is 1.21. The van der Waals surface area contributed by atoms with Crippen molar-refractivity contribution >= 4 is 34.9 Å². The molecule has 1 aromatic heterocycles. The maximum Gasteiger partial charge on any atom is 0.172 e. The molecule has 1 atom stereocenters. The topological polar surface area (TPSA) is 131 Å². The van der Waals surface area contributed by atoms with E-state index in [9.17, 15) is 4.79 Å². The van der Waals surface area contributed by atoms with Crippen LogP contribution in [0.3, 0.4) is 0 Å². The Labute approximate surface area is 103 Å². The molecular weight excluding hydrogens is 244 g/mol. The number of carbonyl (C=O) groups is 1. The van der Waals surface area contributed by atoms with Crippen LogP contribution in [-0.4, -0.2) is 27.6 Å². The monoisotopic (exact) mass is 256 g/mol. The molecule has 0 aliphatic rings. The molecule has 7 nitrogen and oxygen atoms in total.